The summed E-state index contributed by atoms with van der Waals surface area (Å²) < 4.78 is 0. The molecule has 0 aliphatic carbocycles. The molecule has 1 aromatic rings. The van der Waals surface area contributed by atoms with Crippen LogP contribution in [-0.2, 0) is 6.61 Å². The molecule has 1 rings (SSSR count). The number of aliphatic hydroxyl groups excluding tert-OH is 1. The molecule has 0 aliphatic rings. The van der Waals surface area contributed by atoms with Crippen LogP contribution in [-0.4, -0.2) is 28.2 Å². The first-order valence-electron chi connectivity index (χ1n) is 5.80. The maximum atomic E-state index is 9.06. The molecule has 16 heavy (non-hydrogen) atoms. The van der Waals surface area contributed by atoms with Gasteiger partial charge >= 0.3 is 0 Å². The van der Waals surface area contributed by atoms with E-state index in [9.17, 15) is 0 Å². The van der Waals surface area contributed by atoms with Gasteiger partial charge in [-0.25, -0.2) is 9.97 Å². The minimum absolute atomic E-state index is 0.000805. The van der Waals surface area contributed by atoms with Gasteiger partial charge in [0.1, 0.15) is 0 Å². The summed E-state index contributed by atoms with van der Waals surface area (Å²) in [5.41, 5.74) is 1.65. The van der Waals surface area contributed by atoms with E-state index < -0.39 is 0 Å². The summed E-state index contributed by atoms with van der Waals surface area (Å²) in [7, 11) is 2.02. The number of aliphatic hydroxyl groups is 1. The van der Waals surface area contributed by atoms with Crippen molar-refractivity contribution in [3.63, 3.8) is 0 Å². The van der Waals surface area contributed by atoms with Crippen LogP contribution in [0.15, 0.2) is 6.20 Å². The second-order valence-electron chi connectivity index (χ2n) is 4.02. The predicted molar refractivity (Wildman–Crippen MR) is 65.5 cm³/mol. The van der Waals surface area contributed by atoms with Gasteiger partial charge in [-0.3, -0.25) is 0 Å². The molecule has 1 heterocycles. The lowest BCUT2D eigenvalue weighted by Crippen LogP contribution is -2.32. The zero-order chi connectivity index (χ0) is 12.1. The Kier molecular flexibility index (Phi) is 4.68. The highest BCUT2D eigenvalue weighted by atomic mass is 16.3. The Bertz CT molecular complexity index is 337. The molecule has 1 N–H and O–H groups in total. The Morgan fingerprint density at radius 1 is 1.38 bits per heavy atom. The van der Waals surface area contributed by atoms with Crippen LogP contribution in [0.25, 0.3) is 0 Å². The van der Waals surface area contributed by atoms with E-state index in [-0.39, 0.29) is 6.61 Å². The van der Waals surface area contributed by atoms with Gasteiger partial charge in [0.2, 0.25) is 5.95 Å². The summed E-state index contributed by atoms with van der Waals surface area (Å²) in [4.78, 5) is 10.8. The third-order valence-electron chi connectivity index (χ3n) is 3.04. The minimum Gasteiger partial charge on any atom is -0.392 e. The Morgan fingerprint density at radius 2 is 2.00 bits per heavy atom. The van der Waals surface area contributed by atoms with Crippen molar-refractivity contribution >= 4 is 5.95 Å². The van der Waals surface area contributed by atoms with E-state index in [1.165, 1.54) is 0 Å². The van der Waals surface area contributed by atoms with E-state index in [4.69, 9.17) is 5.11 Å². The lowest BCUT2D eigenvalue weighted by molar-refractivity contribution is 0.280. The van der Waals surface area contributed by atoms with Crippen molar-refractivity contribution < 1.29 is 5.11 Å². The first-order chi connectivity index (χ1) is 7.63. The Balaban J connectivity index is 2.91. The van der Waals surface area contributed by atoms with Crippen LogP contribution in [0.3, 0.4) is 0 Å². The van der Waals surface area contributed by atoms with Gasteiger partial charge in [0.25, 0.3) is 0 Å². The number of aryl methyl sites for hydroxylation is 1. The minimum atomic E-state index is 0.000805. The Hall–Kier alpha value is -1.16. The van der Waals surface area contributed by atoms with E-state index in [0.717, 1.165) is 30.0 Å². The van der Waals surface area contributed by atoms with Crippen LogP contribution < -0.4 is 4.90 Å². The third-order valence-corrected chi connectivity index (χ3v) is 3.04. The van der Waals surface area contributed by atoms with Gasteiger partial charge in [0, 0.05) is 30.5 Å². The van der Waals surface area contributed by atoms with Crippen molar-refractivity contribution in [1.29, 1.82) is 0 Å². The molecular weight excluding hydrogens is 202 g/mol. The highest BCUT2D eigenvalue weighted by Gasteiger charge is 2.14. The van der Waals surface area contributed by atoms with Crippen LogP contribution in [0.5, 0.6) is 0 Å². The van der Waals surface area contributed by atoms with Gasteiger partial charge in [-0.05, 0) is 19.8 Å². The predicted octanol–water partition coefficient (Wildman–Crippen LogP) is 1.90. The summed E-state index contributed by atoms with van der Waals surface area (Å²) in [5.74, 6) is 0.739. The molecule has 0 aromatic carbocycles. The number of hydrogen-bond donors (Lipinski definition) is 1. The van der Waals surface area contributed by atoms with Crippen LogP contribution >= 0.6 is 0 Å². The molecule has 4 nitrogen and oxygen atoms in total. The van der Waals surface area contributed by atoms with Gasteiger partial charge in [-0.2, -0.15) is 0 Å². The molecule has 0 fully saturated rings. The van der Waals surface area contributed by atoms with Crippen molar-refractivity contribution in [2.45, 2.75) is 46.3 Å². The average Bonchev–Trinajstić information content (AvgIpc) is 2.30. The van der Waals surface area contributed by atoms with Crippen molar-refractivity contribution in [2.75, 3.05) is 11.9 Å². The van der Waals surface area contributed by atoms with Gasteiger partial charge in [0.15, 0.2) is 0 Å². The highest BCUT2D eigenvalue weighted by Crippen LogP contribution is 2.15. The molecule has 0 saturated carbocycles. The fourth-order valence-electron chi connectivity index (χ4n) is 1.80. The molecule has 0 amide bonds. The summed E-state index contributed by atoms with van der Waals surface area (Å²) in [6, 6.07) is 0.472. The maximum absolute atomic E-state index is 9.06. The number of anilines is 1. The van der Waals surface area contributed by atoms with E-state index in [1.807, 2.05) is 14.0 Å². The number of aromatic nitrogens is 2. The quantitative estimate of drug-likeness (QED) is 0.828. The SMILES string of the molecule is CCC(CC)N(C)c1ncc(CO)c(C)n1. The summed E-state index contributed by atoms with van der Waals surface area (Å²) in [5, 5.41) is 9.06. The van der Waals surface area contributed by atoms with Crippen LogP contribution in [0.1, 0.15) is 37.9 Å². The van der Waals surface area contributed by atoms with Crippen molar-refractivity contribution in [3.8, 4) is 0 Å². The molecule has 0 unspecified atom stereocenters. The first-order valence-corrected chi connectivity index (χ1v) is 5.80. The first kappa shape index (κ1) is 12.9. The molecular formula is C12H21N3O. The number of rotatable bonds is 5. The van der Waals surface area contributed by atoms with Gasteiger partial charge in [-0.15, -0.1) is 0 Å². The zero-order valence-corrected chi connectivity index (χ0v) is 10.6. The molecule has 90 valence electrons. The molecule has 0 atom stereocenters. The molecule has 0 spiro atoms. The van der Waals surface area contributed by atoms with Gasteiger partial charge in [-0.1, -0.05) is 13.8 Å². The summed E-state index contributed by atoms with van der Waals surface area (Å²) in [6.45, 7) is 6.23. The monoisotopic (exact) mass is 223 g/mol. The van der Waals surface area contributed by atoms with Crippen molar-refractivity contribution in [3.05, 3.63) is 17.5 Å². The topological polar surface area (TPSA) is 49.2 Å². The normalized spacial score (nSPS) is 10.9. The fourth-order valence-corrected chi connectivity index (χ4v) is 1.80. The summed E-state index contributed by atoms with van der Waals surface area (Å²) in [6.07, 6.45) is 3.87. The van der Waals surface area contributed by atoms with Crippen LogP contribution in [0.2, 0.25) is 0 Å². The average molecular weight is 223 g/mol. The van der Waals surface area contributed by atoms with Crippen LogP contribution in [0, 0.1) is 6.92 Å². The molecule has 4 heteroatoms. The van der Waals surface area contributed by atoms with Gasteiger partial charge in [0.05, 0.1) is 6.61 Å². The molecule has 1 aromatic heterocycles. The Labute approximate surface area is 97.3 Å². The zero-order valence-electron chi connectivity index (χ0n) is 10.6. The van der Waals surface area contributed by atoms with E-state index >= 15 is 0 Å². The smallest absolute Gasteiger partial charge is 0.225 e. The lowest BCUT2D eigenvalue weighted by atomic mass is 10.1. The molecule has 0 radical (unpaired) electrons. The van der Waals surface area contributed by atoms with Gasteiger partial charge < -0.3 is 10.0 Å². The second-order valence-corrected chi connectivity index (χ2v) is 4.02. The van der Waals surface area contributed by atoms with E-state index in [0.29, 0.717) is 6.04 Å². The molecule has 0 bridgehead atoms. The Morgan fingerprint density at radius 3 is 2.44 bits per heavy atom. The maximum Gasteiger partial charge on any atom is 0.225 e. The summed E-state index contributed by atoms with van der Waals surface area (Å²) >= 11 is 0. The van der Waals surface area contributed by atoms with Crippen molar-refractivity contribution in [1.82, 2.24) is 9.97 Å². The van der Waals surface area contributed by atoms with E-state index in [1.54, 1.807) is 6.20 Å². The third kappa shape index (κ3) is 2.70. The van der Waals surface area contributed by atoms with E-state index in [2.05, 4.69) is 28.7 Å². The standard InChI is InChI=1S/C12H21N3O/c1-5-11(6-2)15(4)12-13-7-10(8-16)9(3)14-12/h7,11,16H,5-6,8H2,1-4H3. The lowest BCUT2D eigenvalue weighted by Gasteiger charge is -2.26. The fraction of sp³-hybridized carbons (Fsp3) is 0.667. The highest BCUT2D eigenvalue weighted by molar-refractivity contribution is 5.32. The number of hydrogen-bond acceptors (Lipinski definition) is 4. The van der Waals surface area contributed by atoms with Crippen LogP contribution in [0.4, 0.5) is 5.95 Å². The second kappa shape index (κ2) is 5.80. The number of nitrogens with zero attached hydrogens (tertiary/aromatic N) is 3. The molecule has 0 saturated heterocycles. The van der Waals surface area contributed by atoms with Crippen molar-refractivity contribution in [2.24, 2.45) is 0 Å². The molecule has 0 aliphatic heterocycles. The largest absolute Gasteiger partial charge is 0.392 e.